The van der Waals surface area contributed by atoms with E-state index in [2.05, 4.69) is 4.98 Å². The zero-order chi connectivity index (χ0) is 12.9. The van der Waals surface area contributed by atoms with Gasteiger partial charge in [-0.3, -0.25) is 14.4 Å². The van der Waals surface area contributed by atoms with Crippen molar-refractivity contribution in [2.24, 2.45) is 11.8 Å². The predicted octanol–water partition coefficient (Wildman–Crippen LogP) is 1.64. The van der Waals surface area contributed by atoms with E-state index in [-0.39, 0.29) is 29.4 Å². The second-order valence-electron chi connectivity index (χ2n) is 4.79. The van der Waals surface area contributed by atoms with Crippen LogP contribution in [-0.4, -0.2) is 22.6 Å². The molecule has 3 rings (SSSR count). The molecule has 5 nitrogen and oxygen atoms in total. The largest absolute Gasteiger partial charge is 0.293 e. The number of aromatic nitrogens is 1. The van der Waals surface area contributed by atoms with Crippen molar-refractivity contribution in [2.45, 2.75) is 26.2 Å². The minimum Gasteiger partial charge on any atom is -0.293 e. The average Bonchev–Trinajstić information content (AvgIpc) is 2.95. The van der Waals surface area contributed by atoms with E-state index in [1.54, 1.807) is 5.38 Å². The molecule has 1 aromatic heterocycles. The molecule has 2 bridgehead atoms. The third-order valence-corrected chi connectivity index (χ3v) is 4.44. The van der Waals surface area contributed by atoms with Crippen LogP contribution in [0.1, 0.15) is 36.7 Å². The summed E-state index contributed by atoms with van der Waals surface area (Å²) in [7, 11) is 0. The summed E-state index contributed by atoms with van der Waals surface area (Å²) in [5.74, 6) is -0.552. The maximum atomic E-state index is 12.2. The van der Waals surface area contributed by atoms with Crippen LogP contribution in [0.4, 0.5) is 5.13 Å². The van der Waals surface area contributed by atoms with Gasteiger partial charge in [0.1, 0.15) is 5.69 Å². The monoisotopic (exact) mass is 264 g/mol. The number of imide groups is 1. The molecule has 2 amide bonds. The van der Waals surface area contributed by atoms with E-state index >= 15 is 0 Å². The van der Waals surface area contributed by atoms with Gasteiger partial charge in [0.25, 0.3) is 0 Å². The minimum atomic E-state index is -0.155. The van der Waals surface area contributed by atoms with Crippen LogP contribution in [0.15, 0.2) is 5.38 Å². The fourth-order valence-electron chi connectivity index (χ4n) is 2.62. The molecule has 2 unspecified atom stereocenters. The Morgan fingerprint density at radius 3 is 2.44 bits per heavy atom. The van der Waals surface area contributed by atoms with Crippen LogP contribution in [-0.2, 0) is 9.59 Å². The number of hydrogen-bond acceptors (Lipinski definition) is 5. The topological polar surface area (TPSA) is 67.3 Å². The van der Waals surface area contributed by atoms with Gasteiger partial charge in [-0.2, -0.15) is 0 Å². The van der Waals surface area contributed by atoms with Crippen LogP contribution in [0.3, 0.4) is 0 Å². The summed E-state index contributed by atoms with van der Waals surface area (Å²) >= 11 is 1.18. The predicted molar refractivity (Wildman–Crippen MR) is 65.4 cm³/mol. The number of anilines is 1. The maximum Gasteiger partial charge on any atom is 0.238 e. The molecule has 18 heavy (non-hydrogen) atoms. The molecule has 1 aliphatic carbocycles. The summed E-state index contributed by atoms with van der Waals surface area (Å²) in [5, 5.41) is 1.93. The second-order valence-corrected chi connectivity index (χ2v) is 5.63. The second kappa shape index (κ2) is 3.98. The summed E-state index contributed by atoms with van der Waals surface area (Å²) in [6, 6.07) is 0. The van der Waals surface area contributed by atoms with Crippen LogP contribution in [0.5, 0.6) is 0 Å². The number of rotatable bonds is 2. The van der Waals surface area contributed by atoms with Crippen molar-refractivity contribution in [3.8, 4) is 0 Å². The number of ketones is 1. The van der Waals surface area contributed by atoms with Crippen molar-refractivity contribution < 1.29 is 14.4 Å². The first-order chi connectivity index (χ1) is 8.58. The SMILES string of the molecule is CC(=O)c1csc(N2C(=O)C3CCC(C3)C2=O)n1. The molecule has 1 aliphatic heterocycles. The average molecular weight is 264 g/mol. The molecule has 2 aliphatic rings. The highest BCUT2D eigenvalue weighted by atomic mass is 32.1. The maximum absolute atomic E-state index is 12.2. The van der Waals surface area contributed by atoms with E-state index in [1.807, 2.05) is 0 Å². The quantitative estimate of drug-likeness (QED) is 0.601. The number of carbonyl (C=O) groups is 3. The van der Waals surface area contributed by atoms with E-state index < -0.39 is 0 Å². The van der Waals surface area contributed by atoms with Gasteiger partial charge in [-0.25, -0.2) is 9.88 Å². The Kier molecular flexibility index (Phi) is 2.55. The number of fused-ring (bicyclic) bond motifs is 2. The van der Waals surface area contributed by atoms with Crippen molar-refractivity contribution in [1.29, 1.82) is 0 Å². The fraction of sp³-hybridized carbons (Fsp3) is 0.500. The third kappa shape index (κ3) is 1.59. The highest BCUT2D eigenvalue weighted by molar-refractivity contribution is 7.14. The van der Waals surface area contributed by atoms with E-state index in [4.69, 9.17) is 0 Å². The van der Waals surface area contributed by atoms with Crippen molar-refractivity contribution in [1.82, 2.24) is 4.98 Å². The van der Waals surface area contributed by atoms with E-state index in [1.165, 1.54) is 23.2 Å². The molecule has 1 saturated heterocycles. The van der Waals surface area contributed by atoms with Crippen LogP contribution < -0.4 is 4.90 Å². The molecular formula is C12H12N2O3S. The van der Waals surface area contributed by atoms with E-state index in [9.17, 15) is 14.4 Å². The zero-order valence-electron chi connectivity index (χ0n) is 9.88. The molecule has 0 spiro atoms. The number of carbonyl (C=O) groups excluding carboxylic acids is 3. The number of thiazole rings is 1. The minimum absolute atomic E-state index is 0.0441. The molecule has 1 aromatic rings. The van der Waals surface area contributed by atoms with Gasteiger partial charge in [0.05, 0.1) is 0 Å². The van der Waals surface area contributed by atoms with Gasteiger partial charge >= 0.3 is 0 Å². The molecule has 6 heteroatoms. The standard InChI is InChI=1S/C12H12N2O3S/c1-6(15)9-5-18-12(13-9)14-10(16)7-2-3-8(4-7)11(14)17/h5,7-8H,2-4H2,1H3. The lowest BCUT2D eigenvalue weighted by atomic mass is 9.98. The lowest BCUT2D eigenvalue weighted by Crippen LogP contribution is -2.46. The van der Waals surface area contributed by atoms with Gasteiger partial charge in [-0.05, 0) is 19.3 Å². The zero-order valence-corrected chi connectivity index (χ0v) is 10.7. The molecule has 2 fully saturated rings. The molecule has 94 valence electrons. The first-order valence-corrected chi connectivity index (χ1v) is 6.80. The van der Waals surface area contributed by atoms with Crippen LogP contribution in [0.2, 0.25) is 0 Å². The molecule has 0 aromatic carbocycles. The Bertz CT molecular complexity index is 529. The van der Waals surface area contributed by atoms with Gasteiger partial charge in [0.15, 0.2) is 10.9 Å². The Morgan fingerprint density at radius 1 is 1.33 bits per heavy atom. The summed E-state index contributed by atoms with van der Waals surface area (Å²) in [6.45, 7) is 1.42. The highest BCUT2D eigenvalue weighted by Crippen LogP contribution is 2.40. The van der Waals surface area contributed by atoms with Gasteiger partial charge in [0.2, 0.25) is 11.8 Å². The molecule has 1 saturated carbocycles. The third-order valence-electron chi connectivity index (χ3n) is 3.62. The van der Waals surface area contributed by atoms with Crippen molar-refractivity contribution >= 4 is 34.1 Å². The van der Waals surface area contributed by atoms with Crippen LogP contribution >= 0.6 is 11.3 Å². The van der Waals surface area contributed by atoms with Crippen molar-refractivity contribution in [3.05, 3.63) is 11.1 Å². The fourth-order valence-corrected chi connectivity index (χ4v) is 3.49. The van der Waals surface area contributed by atoms with Crippen molar-refractivity contribution in [2.75, 3.05) is 4.90 Å². The number of amides is 2. The highest BCUT2D eigenvalue weighted by Gasteiger charge is 2.46. The first kappa shape index (κ1) is 11.5. The number of hydrogen-bond donors (Lipinski definition) is 0. The van der Waals surface area contributed by atoms with E-state index in [0.29, 0.717) is 17.2 Å². The molecule has 0 N–H and O–H groups in total. The first-order valence-electron chi connectivity index (χ1n) is 5.92. The summed E-state index contributed by atoms with van der Waals surface area (Å²) in [4.78, 5) is 40.8. The summed E-state index contributed by atoms with van der Waals surface area (Å²) in [5.41, 5.74) is 0.313. The number of Topliss-reactive ketones (excluding diaryl/α,β-unsaturated/α-hetero) is 1. The Balaban J connectivity index is 1.97. The number of piperidine rings is 1. The van der Waals surface area contributed by atoms with Gasteiger partial charge in [-0.15, -0.1) is 11.3 Å². The lowest BCUT2D eigenvalue weighted by molar-refractivity contribution is -0.133. The molecule has 2 atom stereocenters. The molecule has 0 radical (unpaired) electrons. The normalized spacial score (nSPS) is 26.8. The van der Waals surface area contributed by atoms with Crippen LogP contribution in [0.25, 0.3) is 0 Å². The van der Waals surface area contributed by atoms with E-state index in [0.717, 1.165) is 12.8 Å². The number of nitrogens with zero attached hydrogens (tertiary/aromatic N) is 2. The smallest absolute Gasteiger partial charge is 0.238 e. The van der Waals surface area contributed by atoms with Crippen molar-refractivity contribution in [3.63, 3.8) is 0 Å². The summed E-state index contributed by atoms with van der Waals surface area (Å²) < 4.78 is 0. The molecular weight excluding hydrogens is 252 g/mol. The molecule has 2 heterocycles. The van der Waals surface area contributed by atoms with Gasteiger partial charge < -0.3 is 0 Å². The van der Waals surface area contributed by atoms with Gasteiger partial charge in [-0.1, -0.05) is 0 Å². The lowest BCUT2D eigenvalue weighted by Gasteiger charge is -2.27. The Labute approximate surface area is 108 Å². The van der Waals surface area contributed by atoms with Gasteiger partial charge in [0, 0.05) is 24.1 Å². The Hall–Kier alpha value is -1.56. The summed E-state index contributed by atoms with van der Waals surface area (Å²) in [6.07, 6.45) is 2.26. The Morgan fingerprint density at radius 2 is 1.94 bits per heavy atom. The van der Waals surface area contributed by atoms with Crippen LogP contribution in [0, 0.1) is 11.8 Å².